The van der Waals surface area contributed by atoms with Crippen molar-refractivity contribution in [3.8, 4) is 18.1 Å². The SMILES string of the molecule is C#CCCC1(CCC(=O)N2CCC(C(=O)NCc3ccc(OC)cc3)CC2)N=N1. The molecule has 1 aromatic carbocycles. The first kappa shape index (κ1) is 20.8. The summed E-state index contributed by atoms with van der Waals surface area (Å²) in [5.74, 6) is 3.51. The number of benzene rings is 1. The summed E-state index contributed by atoms with van der Waals surface area (Å²) in [5.41, 5.74) is 0.614. The van der Waals surface area contributed by atoms with Gasteiger partial charge >= 0.3 is 0 Å². The average Bonchev–Trinajstić information content (AvgIpc) is 3.55. The van der Waals surface area contributed by atoms with E-state index in [0.29, 0.717) is 58.2 Å². The molecule has 154 valence electrons. The fraction of sp³-hybridized carbons (Fsp3) is 0.545. The van der Waals surface area contributed by atoms with Crippen molar-refractivity contribution in [3.05, 3.63) is 29.8 Å². The number of nitrogens with one attached hydrogen (secondary N) is 1. The van der Waals surface area contributed by atoms with E-state index in [1.807, 2.05) is 29.2 Å². The van der Waals surface area contributed by atoms with E-state index in [1.165, 1.54) is 0 Å². The monoisotopic (exact) mass is 396 g/mol. The van der Waals surface area contributed by atoms with Gasteiger partial charge in [-0.3, -0.25) is 9.59 Å². The molecule has 1 saturated heterocycles. The van der Waals surface area contributed by atoms with Crippen LogP contribution in [0.5, 0.6) is 5.75 Å². The molecule has 0 unspecified atom stereocenters. The molecule has 2 aliphatic rings. The predicted molar refractivity (Wildman–Crippen MR) is 109 cm³/mol. The lowest BCUT2D eigenvalue weighted by atomic mass is 9.95. The highest BCUT2D eigenvalue weighted by Crippen LogP contribution is 2.37. The summed E-state index contributed by atoms with van der Waals surface area (Å²) in [7, 11) is 1.63. The number of rotatable bonds is 9. The maximum atomic E-state index is 12.5. The Balaban J connectivity index is 1.36. The quantitative estimate of drug-likeness (QED) is 0.652. The highest BCUT2D eigenvalue weighted by Gasteiger charge is 2.40. The number of nitrogens with zero attached hydrogens (tertiary/aromatic N) is 3. The van der Waals surface area contributed by atoms with Gasteiger partial charge in [0.1, 0.15) is 5.75 Å². The normalized spacial score (nSPS) is 17.4. The molecule has 3 rings (SSSR count). The van der Waals surface area contributed by atoms with Crippen molar-refractivity contribution in [2.45, 2.75) is 50.7 Å². The molecule has 0 atom stereocenters. The smallest absolute Gasteiger partial charge is 0.223 e. The molecule has 2 heterocycles. The first-order valence-corrected chi connectivity index (χ1v) is 10.1. The average molecular weight is 396 g/mol. The Bertz CT molecular complexity index is 783. The number of amides is 2. The maximum absolute atomic E-state index is 12.5. The van der Waals surface area contributed by atoms with Gasteiger partial charge in [-0.25, -0.2) is 0 Å². The molecule has 2 aliphatic heterocycles. The fourth-order valence-corrected chi connectivity index (χ4v) is 3.60. The summed E-state index contributed by atoms with van der Waals surface area (Å²) in [6, 6.07) is 7.64. The number of carbonyl (C=O) groups excluding carboxylic acids is 2. The van der Waals surface area contributed by atoms with Crippen LogP contribution < -0.4 is 10.1 Å². The summed E-state index contributed by atoms with van der Waals surface area (Å²) in [6.07, 6.45) is 9.06. The summed E-state index contributed by atoms with van der Waals surface area (Å²) in [4.78, 5) is 26.8. The van der Waals surface area contributed by atoms with E-state index in [2.05, 4.69) is 21.5 Å². The van der Waals surface area contributed by atoms with E-state index in [1.54, 1.807) is 7.11 Å². The number of hydrogen-bond donors (Lipinski definition) is 1. The third kappa shape index (κ3) is 5.80. The molecule has 1 fully saturated rings. The number of piperidine rings is 1. The lowest BCUT2D eigenvalue weighted by molar-refractivity contribution is -0.135. The number of likely N-dealkylation sites (tertiary alicyclic amines) is 1. The van der Waals surface area contributed by atoms with Crippen LogP contribution in [-0.2, 0) is 16.1 Å². The van der Waals surface area contributed by atoms with Crippen LogP contribution in [0.3, 0.4) is 0 Å². The predicted octanol–water partition coefficient (Wildman–Crippen LogP) is 2.91. The van der Waals surface area contributed by atoms with Gasteiger partial charge in [-0.1, -0.05) is 12.1 Å². The van der Waals surface area contributed by atoms with Crippen molar-refractivity contribution in [2.24, 2.45) is 16.1 Å². The zero-order valence-electron chi connectivity index (χ0n) is 16.9. The van der Waals surface area contributed by atoms with Crippen molar-refractivity contribution in [3.63, 3.8) is 0 Å². The van der Waals surface area contributed by atoms with E-state index < -0.39 is 5.66 Å². The van der Waals surface area contributed by atoms with Crippen molar-refractivity contribution >= 4 is 11.8 Å². The highest BCUT2D eigenvalue weighted by molar-refractivity contribution is 5.80. The second kappa shape index (κ2) is 9.55. The van der Waals surface area contributed by atoms with Gasteiger partial charge in [0.05, 0.1) is 7.11 Å². The van der Waals surface area contributed by atoms with Crippen LogP contribution >= 0.6 is 0 Å². The lowest BCUT2D eigenvalue weighted by Crippen LogP contribution is -2.43. The largest absolute Gasteiger partial charge is 0.497 e. The maximum Gasteiger partial charge on any atom is 0.223 e. The third-order valence-electron chi connectivity index (χ3n) is 5.64. The Morgan fingerprint density at radius 3 is 2.52 bits per heavy atom. The van der Waals surface area contributed by atoms with E-state index in [9.17, 15) is 9.59 Å². The van der Waals surface area contributed by atoms with E-state index in [-0.39, 0.29) is 17.7 Å². The Kier molecular flexibility index (Phi) is 6.86. The van der Waals surface area contributed by atoms with Crippen LogP contribution in [-0.4, -0.2) is 42.6 Å². The Hall–Kier alpha value is -2.88. The Labute approximate surface area is 171 Å². The van der Waals surface area contributed by atoms with Gasteiger partial charge in [-0.05, 0) is 30.5 Å². The minimum Gasteiger partial charge on any atom is -0.497 e. The van der Waals surface area contributed by atoms with Crippen molar-refractivity contribution < 1.29 is 14.3 Å². The molecule has 7 nitrogen and oxygen atoms in total. The molecule has 2 amide bonds. The number of terminal acetylenes is 1. The van der Waals surface area contributed by atoms with Gasteiger partial charge in [0.2, 0.25) is 11.8 Å². The summed E-state index contributed by atoms with van der Waals surface area (Å²) in [6.45, 7) is 1.73. The summed E-state index contributed by atoms with van der Waals surface area (Å²) < 4.78 is 5.14. The van der Waals surface area contributed by atoms with Crippen LogP contribution in [0.15, 0.2) is 34.5 Å². The third-order valence-corrected chi connectivity index (χ3v) is 5.64. The molecular weight excluding hydrogens is 368 g/mol. The standard InChI is InChI=1S/C22H28N4O3/c1-3-4-12-22(24-25-22)13-9-20(27)26-14-10-18(11-15-26)21(28)23-16-17-5-7-19(29-2)8-6-17/h1,5-8,18H,4,9-16H2,2H3,(H,23,28). The number of carbonyl (C=O) groups is 2. The summed E-state index contributed by atoms with van der Waals surface area (Å²) >= 11 is 0. The van der Waals surface area contributed by atoms with E-state index >= 15 is 0 Å². The van der Waals surface area contributed by atoms with E-state index in [0.717, 1.165) is 11.3 Å². The zero-order chi connectivity index (χ0) is 20.7. The Morgan fingerprint density at radius 1 is 1.24 bits per heavy atom. The molecule has 29 heavy (non-hydrogen) atoms. The van der Waals surface area contributed by atoms with Crippen molar-refractivity contribution in [1.82, 2.24) is 10.2 Å². The first-order valence-electron chi connectivity index (χ1n) is 10.1. The highest BCUT2D eigenvalue weighted by atomic mass is 16.5. The van der Waals surface area contributed by atoms with Crippen LogP contribution in [0.2, 0.25) is 0 Å². The van der Waals surface area contributed by atoms with Gasteiger partial charge < -0.3 is 15.0 Å². The molecule has 0 spiro atoms. The van der Waals surface area contributed by atoms with Gasteiger partial charge in [0.25, 0.3) is 0 Å². The minimum atomic E-state index is -0.415. The van der Waals surface area contributed by atoms with Gasteiger partial charge in [-0.15, -0.1) is 12.3 Å². The molecule has 0 radical (unpaired) electrons. The molecule has 1 aromatic rings. The first-order chi connectivity index (χ1) is 14.0. The number of ether oxygens (including phenoxy) is 1. The summed E-state index contributed by atoms with van der Waals surface area (Å²) in [5, 5.41) is 11.2. The van der Waals surface area contributed by atoms with Crippen LogP contribution in [0.4, 0.5) is 0 Å². The second-order valence-electron chi connectivity index (χ2n) is 7.61. The number of hydrogen-bond acceptors (Lipinski definition) is 5. The van der Waals surface area contributed by atoms with Crippen molar-refractivity contribution in [2.75, 3.05) is 20.2 Å². The molecular formula is C22H28N4O3. The molecule has 7 heteroatoms. The van der Waals surface area contributed by atoms with Crippen LogP contribution in [0.1, 0.15) is 44.1 Å². The van der Waals surface area contributed by atoms with Crippen molar-refractivity contribution in [1.29, 1.82) is 0 Å². The lowest BCUT2D eigenvalue weighted by Gasteiger charge is -2.31. The van der Waals surface area contributed by atoms with Gasteiger partial charge in [-0.2, -0.15) is 10.2 Å². The Morgan fingerprint density at radius 2 is 1.93 bits per heavy atom. The second-order valence-corrected chi connectivity index (χ2v) is 7.61. The minimum absolute atomic E-state index is 0.0484. The topological polar surface area (TPSA) is 83.4 Å². The number of methoxy groups -OCH3 is 1. The van der Waals surface area contributed by atoms with Crippen LogP contribution in [0, 0.1) is 18.3 Å². The fourth-order valence-electron chi connectivity index (χ4n) is 3.60. The molecule has 0 bridgehead atoms. The molecule has 0 aliphatic carbocycles. The molecule has 0 aromatic heterocycles. The molecule has 0 saturated carbocycles. The van der Waals surface area contributed by atoms with Gasteiger partial charge in [0, 0.05) is 51.2 Å². The zero-order valence-corrected chi connectivity index (χ0v) is 16.9. The van der Waals surface area contributed by atoms with E-state index in [4.69, 9.17) is 11.2 Å². The van der Waals surface area contributed by atoms with Crippen LogP contribution in [0.25, 0.3) is 0 Å². The molecule has 1 N–H and O–H groups in total. The van der Waals surface area contributed by atoms with Gasteiger partial charge in [0.15, 0.2) is 5.66 Å².